The lowest BCUT2D eigenvalue weighted by Crippen LogP contribution is -2.13. The lowest BCUT2D eigenvalue weighted by atomic mass is 9.77. The third kappa shape index (κ3) is 5.27. The largest absolute Gasteiger partial charge is 0.489 e. The van der Waals surface area contributed by atoms with Gasteiger partial charge >= 0.3 is 0 Å². The van der Waals surface area contributed by atoms with Gasteiger partial charge in [0.05, 0.1) is 0 Å². The van der Waals surface area contributed by atoms with Crippen molar-refractivity contribution < 1.29 is 17.9 Å². The number of halogens is 3. The van der Waals surface area contributed by atoms with Gasteiger partial charge in [-0.25, -0.2) is 13.2 Å². The van der Waals surface area contributed by atoms with E-state index < -0.39 is 17.5 Å². The van der Waals surface area contributed by atoms with Crippen LogP contribution in [0.15, 0.2) is 36.4 Å². The van der Waals surface area contributed by atoms with Gasteiger partial charge in [0.15, 0.2) is 17.5 Å². The molecular weight excluding hydrogens is 349 g/mol. The molecule has 0 N–H and O–H groups in total. The Balaban J connectivity index is 1.52. The highest BCUT2D eigenvalue weighted by Crippen LogP contribution is 2.38. The van der Waals surface area contributed by atoms with E-state index in [0.717, 1.165) is 18.1 Å². The molecule has 1 aliphatic carbocycles. The van der Waals surface area contributed by atoms with Crippen LogP contribution in [-0.4, -0.2) is 0 Å². The summed E-state index contributed by atoms with van der Waals surface area (Å²) in [6.45, 7) is 2.24. The molecule has 4 heteroatoms. The second kappa shape index (κ2) is 9.29. The van der Waals surface area contributed by atoms with E-state index >= 15 is 0 Å². The number of rotatable bonds is 7. The minimum Gasteiger partial charge on any atom is -0.489 e. The van der Waals surface area contributed by atoms with Gasteiger partial charge in [-0.3, -0.25) is 0 Å². The van der Waals surface area contributed by atoms with Gasteiger partial charge in [0.1, 0.15) is 12.4 Å². The molecule has 0 radical (unpaired) electrons. The second-order valence-corrected chi connectivity index (χ2v) is 7.59. The molecule has 1 nitrogen and oxygen atoms in total. The Kier molecular flexibility index (Phi) is 6.81. The van der Waals surface area contributed by atoms with Crippen molar-refractivity contribution in [2.75, 3.05) is 0 Å². The van der Waals surface area contributed by atoms with Crippen molar-refractivity contribution in [2.45, 2.75) is 64.4 Å². The number of unbranched alkanes of at least 4 members (excludes halogenated alkanes) is 1. The van der Waals surface area contributed by atoms with Crippen LogP contribution >= 0.6 is 0 Å². The predicted octanol–water partition coefficient (Wildman–Crippen LogP) is 7.15. The van der Waals surface area contributed by atoms with E-state index in [1.165, 1.54) is 50.5 Å². The van der Waals surface area contributed by atoms with Gasteiger partial charge in [-0.05, 0) is 72.9 Å². The molecule has 0 amide bonds. The van der Waals surface area contributed by atoms with Crippen LogP contribution < -0.4 is 4.74 Å². The first-order valence-corrected chi connectivity index (χ1v) is 9.93. The molecule has 0 unspecified atom stereocenters. The first kappa shape index (κ1) is 19.8. The van der Waals surface area contributed by atoms with Crippen LogP contribution in [0.3, 0.4) is 0 Å². The summed E-state index contributed by atoms with van der Waals surface area (Å²) >= 11 is 0. The van der Waals surface area contributed by atoms with Crippen LogP contribution in [0.25, 0.3) is 0 Å². The van der Waals surface area contributed by atoms with Crippen molar-refractivity contribution in [1.29, 1.82) is 0 Å². The summed E-state index contributed by atoms with van der Waals surface area (Å²) in [5.74, 6) is -1.71. The Hall–Kier alpha value is -1.97. The maximum absolute atomic E-state index is 13.3. The van der Waals surface area contributed by atoms with Crippen molar-refractivity contribution >= 4 is 0 Å². The van der Waals surface area contributed by atoms with Crippen LogP contribution in [0, 0.1) is 23.4 Å². The molecule has 1 aliphatic rings. The molecule has 0 bridgehead atoms. The third-order valence-corrected chi connectivity index (χ3v) is 5.61. The van der Waals surface area contributed by atoms with E-state index in [2.05, 4.69) is 19.1 Å². The highest BCUT2D eigenvalue weighted by molar-refractivity contribution is 5.30. The zero-order valence-electron chi connectivity index (χ0n) is 15.8. The van der Waals surface area contributed by atoms with Crippen LogP contribution in [0.4, 0.5) is 13.2 Å². The van der Waals surface area contributed by atoms with Crippen molar-refractivity contribution in [3.05, 3.63) is 65.0 Å². The van der Waals surface area contributed by atoms with Gasteiger partial charge in [0.2, 0.25) is 0 Å². The highest BCUT2D eigenvalue weighted by Gasteiger charge is 2.22. The third-order valence-electron chi connectivity index (χ3n) is 5.61. The van der Waals surface area contributed by atoms with Crippen LogP contribution in [0.1, 0.15) is 68.9 Å². The summed E-state index contributed by atoms with van der Waals surface area (Å²) in [6, 6.07) is 9.88. The minimum absolute atomic E-state index is 0.00396. The van der Waals surface area contributed by atoms with Crippen LogP contribution in [-0.2, 0) is 6.61 Å². The van der Waals surface area contributed by atoms with Crippen molar-refractivity contribution in [3.8, 4) is 5.75 Å². The zero-order valence-corrected chi connectivity index (χ0v) is 15.8. The Bertz CT molecular complexity index is 711. The molecule has 0 saturated heterocycles. The van der Waals surface area contributed by atoms with E-state index in [9.17, 15) is 13.2 Å². The summed E-state index contributed by atoms with van der Waals surface area (Å²) in [6.07, 6.45) is 9.07. The standard InChI is InChI=1S/C23H27F3O/c1-2-3-4-16-5-7-18(8-6-16)19-9-11-20(12-10-19)27-15-17-13-21(24)23(26)22(25)14-17/h9-14,16,18H,2-8,15H2,1H3/t16-,18-. The Morgan fingerprint density at radius 1 is 0.926 bits per heavy atom. The molecule has 0 atom stereocenters. The quantitative estimate of drug-likeness (QED) is 0.466. The first-order valence-electron chi connectivity index (χ1n) is 9.93. The Morgan fingerprint density at radius 3 is 2.15 bits per heavy atom. The predicted molar refractivity (Wildman–Crippen MR) is 101 cm³/mol. The molecular formula is C23H27F3O. The molecule has 0 heterocycles. The summed E-state index contributed by atoms with van der Waals surface area (Å²) in [4.78, 5) is 0. The van der Waals surface area contributed by atoms with Crippen molar-refractivity contribution in [1.82, 2.24) is 0 Å². The Morgan fingerprint density at radius 2 is 1.56 bits per heavy atom. The van der Waals surface area contributed by atoms with Gasteiger partial charge < -0.3 is 4.74 Å². The van der Waals surface area contributed by atoms with E-state index in [4.69, 9.17) is 4.74 Å². The monoisotopic (exact) mass is 376 g/mol. The van der Waals surface area contributed by atoms with Crippen LogP contribution in [0.2, 0.25) is 0 Å². The molecule has 27 heavy (non-hydrogen) atoms. The first-order chi connectivity index (χ1) is 13.1. The smallest absolute Gasteiger partial charge is 0.194 e. The molecule has 0 aromatic heterocycles. The Labute approximate surface area is 159 Å². The fourth-order valence-electron chi connectivity index (χ4n) is 3.97. The fraction of sp³-hybridized carbons (Fsp3) is 0.478. The van der Waals surface area contributed by atoms with Gasteiger partial charge in [0, 0.05) is 0 Å². The van der Waals surface area contributed by atoms with Gasteiger partial charge in [0.25, 0.3) is 0 Å². The molecule has 1 saturated carbocycles. The maximum atomic E-state index is 13.3. The van der Waals surface area contributed by atoms with E-state index in [0.29, 0.717) is 11.7 Å². The van der Waals surface area contributed by atoms with Gasteiger partial charge in [-0.1, -0.05) is 38.3 Å². The van der Waals surface area contributed by atoms with E-state index in [1.807, 2.05) is 12.1 Å². The highest BCUT2D eigenvalue weighted by atomic mass is 19.2. The molecule has 0 aliphatic heterocycles. The average molecular weight is 376 g/mol. The number of hydrogen-bond donors (Lipinski definition) is 0. The lowest BCUT2D eigenvalue weighted by molar-refractivity contribution is 0.300. The maximum Gasteiger partial charge on any atom is 0.194 e. The average Bonchev–Trinajstić information content (AvgIpc) is 2.69. The van der Waals surface area contributed by atoms with Gasteiger partial charge in [-0.15, -0.1) is 0 Å². The second-order valence-electron chi connectivity index (χ2n) is 7.59. The normalized spacial score (nSPS) is 19.9. The van der Waals surface area contributed by atoms with Crippen molar-refractivity contribution in [3.63, 3.8) is 0 Å². The van der Waals surface area contributed by atoms with Gasteiger partial charge in [-0.2, -0.15) is 0 Å². The van der Waals surface area contributed by atoms with Crippen molar-refractivity contribution in [2.24, 2.45) is 5.92 Å². The van der Waals surface area contributed by atoms with E-state index in [1.54, 1.807) is 0 Å². The number of benzene rings is 2. The van der Waals surface area contributed by atoms with E-state index in [-0.39, 0.29) is 12.2 Å². The SMILES string of the molecule is CCCC[C@H]1CC[C@H](c2ccc(OCc3cc(F)c(F)c(F)c3)cc2)CC1. The molecule has 0 spiro atoms. The molecule has 3 rings (SSSR count). The topological polar surface area (TPSA) is 9.23 Å². The molecule has 2 aromatic rings. The summed E-state index contributed by atoms with van der Waals surface area (Å²) in [7, 11) is 0. The molecule has 1 fully saturated rings. The number of ether oxygens (including phenoxy) is 1. The number of hydrogen-bond acceptors (Lipinski definition) is 1. The van der Waals surface area contributed by atoms with Crippen LogP contribution in [0.5, 0.6) is 5.75 Å². The molecule has 146 valence electrons. The summed E-state index contributed by atoms with van der Waals surface area (Å²) in [5, 5.41) is 0. The fourth-order valence-corrected chi connectivity index (χ4v) is 3.97. The summed E-state index contributed by atoms with van der Waals surface area (Å²) in [5.41, 5.74) is 1.59. The minimum atomic E-state index is -1.45. The lowest BCUT2D eigenvalue weighted by Gasteiger charge is -2.28. The summed E-state index contributed by atoms with van der Waals surface area (Å²) < 4.78 is 45.1. The molecule has 2 aromatic carbocycles. The zero-order chi connectivity index (χ0) is 19.2.